The largest absolute Gasteiger partial charge is 0.354 e. The van der Waals surface area contributed by atoms with Crippen molar-refractivity contribution in [1.29, 1.82) is 0 Å². The summed E-state index contributed by atoms with van der Waals surface area (Å²) in [6.45, 7) is 12.5. The highest BCUT2D eigenvalue weighted by Crippen LogP contribution is 2.19. The molecule has 0 spiro atoms. The molecule has 1 aliphatic rings. The molecule has 0 radical (unpaired) electrons. The zero-order valence-corrected chi connectivity index (χ0v) is 13.7. The number of hydrogen-bond acceptors (Lipinski definition) is 6. The molecule has 0 amide bonds. The lowest BCUT2D eigenvalue weighted by atomic mass is 9.98. The number of nitrogens with zero attached hydrogens (tertiary/aromatic N) is 4. The third kappa shape index (κ3) is 4.44. The average molecular weight is 292 g/mol. The van der Waals surface area contributed by atoms with Crippen molar-refractivity contribution >= 4 is 17.8 Å². The Bertz CT molecular complexity index is 442. The fraction of sp³-hybridized carbons (Fsp3) is 0.800. The number of aromatic nitrogens is 3. The summed E-state index contributed by atoms with van der Waals surface area (Å²) in [4.78, 5) is 15.8. The van der Waals surface area contributed by atoms with E-state index in [1.54, 1.807) is 0 Å². The number of rotatable bonds is 7. The topological polar surface area (TPSA) is 66.0 Å². The van der Waals surface area contributed by atoms with Crippen LogP contribution in [0.3, 0.4) is 0 Å². The Kier molecular flexibility index (Phi) is 5.59. The van der Waals surface area contributed by atoms with Crippen molar-refractivity contribution < 1.29 is 0 Å². The summed E-state index contributed by atoms with van der Waals surface area (Å²) < 4.78 is 0. The van der Waals surface area contributed by atoms with E-state index in [9.17, 15) is 0 Å². The molecule has 0 bridgehead atoms. The van der Waals surface area contributed by atoms with Crippen molar-refractivity contribution in [2.24, 2.45) is 11.8 Å². The summed E-state index contributed by atoms with van der Waals surface area (Å²) in [5.74, 6) is 3.35. The first-order chi connectivity index (χ1) is 10.1. The van der Waals surface area contributed by atoms with E-state index in [1.807, 2.05) is 6.92 Å². The molecule has 1 aliphatic heterocycles. The second-order valence-corrected chi connectivity index (χ2v) is 6.11. The molecule has 0 saturated carbocycles. The average Bonchev–Trinajstić information content (AvgIpc) is 2.99. The van der Waals surface area contributed by atoms with Gasteiger partial charge in [-0.2, -0.15) is 15.0 Å². The molecule has 0 aromatic carbocycles. The van der Waals surface area contributed by atoms with Crippen molar-refractivity contribution in [3.05, 3.63) is 0 Å². The van der Waals surface area contributed by atoms with E-state index in [-0.39, 0.29) is 0 Å². The number of anilines is 3. The van der Waals surface area contributed by atoms with Gasteiger partial charge in [0.2, 0.25) is 17.8 Å². The normalized spacial score (nSPS) is 16.3. The van der Waals surface area contributed by atoms with Crippen molar-refractivity contribution in [2.45, 2.75) is 40.5 Å². The van der Waals surface area contributed by atoms with E-state index >= 15 is 0 Å². The highest BCUT2D eigenvalue weighted by Gasteiger charge is 2.17. The van der Waals surface area contributed by atoms with Gasteiger partial charge in [0.1, 0.15) is 0 Å². The Hall–Kier alpha value is -1.59. The van der Waals surface area contributed by atoms with Gasteiger partial charge in [-0.25, -0.2) is 0 Å². The molecule has 6 heteroatoms. The molecule has 1 aromatic rings. The highest BCUT2D eigenvalue weighted by atomic mass is 15.3. The van der Waals surface area contributed by atoms with Crippen LogP contribution in [0.1, 0.15) is 40.5 Å². The van der Waals surface area contributed by atoms with Gasteiger partial charge in [-0.3, -0.25) is 0 Å². The minimum absolute atomic E-state index is 0.583. The molecule has 2 rings (SSSR count). The minimum atomic E-state index is 0.583. The van der Waals surface area contributed by atoms with Crippen LogP contribution in [0.2, 0.25) is 0 Å². The van der Waals surface area contributed by atoms with Crippen molar-refractivity contribution in [2.75, 3.05) is 41.7 Å². The molecule has 1 saturated heterocycles. The Morgan fingerprint density at radius 1 is 1.00 bits per heavy atom. The van der Waals surface area contributed by atoms with Gasteiger partial charge >= 0.3 is 0 Å². The van der Waals surface area contributed by atoms with Crippen LogP contribution in [0, 0.1) is 11.8 Å². The Labute approximate surface area is 127 Å². The summed E-state index contributed by atoms with van der Waals surface area (Å²) in [6.07, 6.45) is 2.44. The molecular weight excluding hydrogens is 264 g/mol. The van der Waals surface area contributed by atoms with E-state index in [2.05, 4.69) is 51.3 Å². The maximum atomic E-state index is 4.58. The van der Waals surface area contributed by atoms with Gasteiger partial charge in [-0.15, -0.1) is 0 Å². The zero-order chi connectivity index (χ0) is 15.2. The van der Waals surface area contributed by atoms with Crippen LogP contribution in [0.25, 0.3) is 0 Å². The van der Waals surface area contributed by atoms with E-state index in [4.69, 9.17) is 0 Å². The van der Waals surface area contributed by atoms with Gasteiger partial charge in [0, 0.05) is 26.2 Å². The van der Waals surface area contributed by atoms with Crippen LogP contribution < -0.4 is 15.5 Å². The Morgan fingerprint density at radius 3 is 2.19 bits per heavy atom. The molecule has 21 heavy (non-hydrogen) atoms. The van der Waals surface area contributed by atoms with E-state index in [0.29, 0.717) is 23.7 Å². The van der Waals surface area contributed by atoms with Gasteiger partial charge in [-0.05, 0) is 31.6 Å². The quantitative estimate of drug-likeness (QED) is 0.805. The summed E-state index contributed by atoms with van der Waals surface area (Å²) in [7, 11) is 0. The van der Waals surface area contributed by atoms with E-state index < -0.39 is 0 Å². The summed E-state index contributed by atoms with van der Waals surface area (Å²) in [5.41, 5.74) is 0. The van der Waals surface area contributed by atoms with Gasteiger partial charge < -0.3 is 15.5 Å². The van der Waals surface area contributed by atoms with Crippen LogP contribution in [-0.2, 0) is 0 Å². The molecule has 1 atom stereocenters. The van der Waals surface area contributed by atoms with Gasteiger partial charge in [0.05, 0.1) is 0 Å². The van der Waals surface area contributed by atoms with Crippen molar-refractivity contribution in [3.8, 4) is 0 Å². The SMILES string of the molecule is CCNc1nc(NCC(C)C(C)C)nc(N2CCCC2)n1. The minimum Gasteiger partial charge on any atom is -0.354 e. The maximum absolute atomic E-state index is 4.58. The molecule has 1 aromatic heterocycles. The zero-order valence-electron chi connectivity index (χ0n) is 13.7. The Balaban J connectivity index is 2.11. The fourth-order valence-electron chi connectivity index (χ4n) is 2.23. The lowest BCUT2D eigenvalue weighted by Gasteiger charge is -2.19. The van der Waals surface area contributed by atoms with Gasteiger partial charge in [0.25, 0.3) is 0 Å². The molecule has 1 fully saturated rings. The smallest absolute Gasteiger partial charge is 0.231 e. The summed E-state index contributed by atoms with van der Waals surface area (Å²) in [5, 5.41) is 6.55. The second-order valence-electron chi connectivity index (χ2n) is 6.11. The maximum Gasteiger partial charge on any atom is 0.231 e. The number of nitrogens with one attached hydrogen (secondary N) is 2. The van der Waals surface area contributed by atoms with Crippen LogP contribution in [0.4, 0.5) is 17.8 Å². The molecule has 0 aliphatic carbocycles. The van der Waals surface area contributed by atoms with Crippen LogP contribution in [-0.4, -0.2) is 41.1 Å². The molecule has 6 nitrogen and oxygen atoms in total. The lowest BCUT2D eigenvalue weighted by molar-refractivity contribution is 0.439. The van der Waals surface area contributed by atoms with Crippen LogP contribution >= 0.6 is 0 Å². The second kappa shape index (κ2) is 7.43. The van der Waals surface area contributed by atoms with Gasteiger partial charge in [0.15, 0.2) is 0 Å². The predicted octanol–water partition coefficient (Wildman–Crippen LogP) is 2.61. The fourth-order valence-corrected chi connectivity index (χ4v) is 2.23. The Morgan fingerprint density at radius 2 is 1.62 bits per heavy atom. The van der Waals surface area contributed by atoms with Gasteiger partial charge in [-0.1, -0.05) is 20.8 Å². The summed E-state index contributed by atoms with van der Waals surface area (Å²) in [6, 6.07) is 0. The van der Waals surface area contributed by atoms with E-state index in [0.717, 1.165) is 32.1 Å². The van der Waals surface area contributed by atoms with Crippen LogP contribution in [0.5, 0.6) is 0 Å². The molecule has 2 heterocycles. The van der Waals surface area contributed by atoms with Crippen LogP contribution in [0.15, 0.2) is 0 Å². The molecular formula is C15H28N6. The van der Waals surface area contributed by atoms with Crippen molar-refractivity contribution in [1.82, 2.24) is 15.0 Å². The highest BCUT2D eigenvalue weighted by molar-refractivity contribution is 5.44. The monoisotopic (exact) mass is 292 g/mol. The first kappa shape index (κ1) is 15.8. The molecule has 118 valence electrons. The standard InChI is InChI=1S/C15H28N6/c1-5-16-13-18-14(17-10-12(4)11(2)3)20-15(19-13)21-8-6-7-9-21/h11-12H,5-10H2,1-4H3,(H2,16,17,18,19,20). The third-order valence-corrected chi connectivity index (χ3v) is 4.07. The number of hydrogen-bond donors (Lipinski definition) is 2. The lowest BCUT2D eigenvalue weighted by Crippen LogP contribution is -2.23. The predicted molar refractivity (Wildman–Crippen MR) is 87.9 cm³/mol. The third-order valence-electron chi connectivity index (χ3n) is 4.07. The first-order valence-electron chi connectivity index (χ1n) is 8.09. The molecule has 2 N–H and O–H groups in total. The summed E-state index contributed by atoms with van der Waals surface area (Å²) >= 11 is 0. The molecule has 1 unspecified atom stereocenters. The van der Waals surface area contributed by atoms with Crippen molar-refractivity contribution in [3.63, 3.8) is 0 Å². The van der Waals surface area contributed by atoms with E-state index in [1.165, 1.54) is 12.8 Å². The first-order valence-corrected chi connectivity index (χ1v) is 8.09.